The van der Waals surface area contributed by atoms with Gasteiger partial charge in [0.15, 0.2) is 0 Å². The molecule has 6 N–H and O–H groups in total. The monoisotopic (exact) mass is 466 g/mol. The first kappa shape index (κ1) is 23.9. The zero-order valence-corrected chi connectivity index (χ0v) is 18.2. The molecule has 0 heterocycles. The highest BCUT2D eigenvalue weighted by atomic mass is 16.5. The molecule has 176 valence electrons. The van der Waals surface area contributed by atoms with Crippen molar-refractivity contribution in [1.82, 2.24) is 0 Å². The Morgan fingerprint density at radius 1 is 0.794 bits per heavy atom. The Morgan fingerprint density at radius 2 is 1.41 bits per heavy atom. The van der Waals surface area contributed by atoms with Gasteiger partial charge in [-0.15, -0.1) is 0 Å². The van der Waals surface area contributed by atoms with Gasteiger partial charge in [0.05, 0.1) is 28.5 Å². The number of hydrogen-bond acceptors (Lipinski definition) is 7. The highest BCUT2D eigenvalue weighted by Crippen LogP contribution is 2.30. The molecule has 2 amide bonds. The number of aromatic hydroxyl groups is 3. The number of carbonyl (C=O) groups is 3. The molecule has 0 aliphatic heterocycles. The number of ether oxygens (including phenoxy) is 1. The van der Waals surface area contributed by atoms with E-state index in [0.717, 1.165) is 12.1 Å². The van der Waals surface area contributed by atoms with Crippen molar-refractivity contribution < 1.29 is 39.5 Å². The fourth-order valence-corrected chi connectivity index (χ4v) is 3.01. The first-order valence-electron chi connectivity index (χ1n) is 10.1. The standard InChI is InChI=1S/C24H22N2O8/c1-12(2)34-21-9-13(24(32)33)3-8-18(21)26-23(31)16-6-4-14(10-19(16)28)25-22(30)17-7-5-15(27)11-20(17)29/h3-12,27-29H,1-2H3,(H,25,30)(H,26,31)(H,32,33). The normalized spacial score (nSPS) is 10.6. The average Bonchev–Trinajstić information content (AvgIpc) is 2.74. The number of aromatic carboxylic acids is 1. The predicted octanol–water partition coefficient (Wildman–Crippen LogP) is 3.79. The molecule has 10 nitrogen and oxygen atoms in total. The number of phenolic OH excluding ortho intramolecular Hbond substituents is 3. The second-order valence-corrected chi connectivity index (χ2v) is 7.52. The van der Waals surface area contributed by atoms with E-state index in [-0.39, 0.29) is 45.7 Å². The molecule has 0 aromatic heterocycles. The van der Waals surface area contributed by atoms with Crippen LogP contribution in [0.3, 0.4) is 0 Å². The summed E-state index contributed by atoms with van der Waals surface area (Å²) in [5.74, 6) is -3.44. The summed E-state index contributed by atoms with van der Waals surface area (Å²) in [6.45, 7) is 3.49. The minimum absolute atomic E-state index is 0.0174. The van der Waals surface area contributed by atoms with E-state index in [1.165, 1.54) is 42.5 Å². The van der Waals surface area contributed by atoms with Gasteiger partial charge in [-0.25, -0.2) is 4.79 Å². The zero-order chi connectivity index (χ0) is 25.0. The molecule has 0 aliphatic rings. The Hall–Kier alpha value is -4.73. The maximum atomic E-state index is 12.7. The fourth-order valence-electron chi connectivity index (χ4n) is 3.01. The van der Waals surface area contributed by atoms with E-state index in [4.69, 9.17) is 4.74 Å². The summed E-state index contributed by atoms with van der Waals surface area (Å²) >= 11 is 0. The zero-order valence-electron chi connectivity index (χ0n) is 18.2. The van der Waals surface area contributed by atoms with E-state index in [0.29, 0.717) is 0 Å². The summed E-state index contributed by atoms with van der Waals surface area (Å²) in [5, 5.41) is 43.7. The summed E-state index contributed by atoms with van der Waals surface area (Å²) in [5.41, 5.74) is 0.144. The Bertz CT molecular complexity index is 1270. The van der Waals surface area contributed by atoms with Crippen molar-refractivity contribution >= 4 is 29.2 Å². The topological polar surface area (TPSA) is 165 Å². The van der Waals surface area contributed by atoms with Gasteiger partial charge in [-0.3, -0.25) is 9.59 Å². The van der Waals surface area contributed by atoms with Crippen LogP contribution in [0.25, 0.3) is 0 Å². The van der Waals surface area contributed by atoms with Gasteiger partial charge < -0.3 is 35.8 Å². The second-order valence-electron chi connectivity index (χ2n) is 7.52. The summed E-state index contributed by atoms with van der Waals surface area (Å²) in [6.07, 6.45) is -0.288. The molecular formula is C24H22N2O8. The average molecular weight is 466 g/mol. The highest BCUT2D eigenvalue weighted by molar-refractivity contribution is 6.09. The molecule has 0 atom stereocenters. The minimum Gasteiger partial charge on any atom is -0.508 e. The first-order chi connectivity index (χ1) is 16.0. The van der Waals surface area contributed by atoms with E-state index in [9.17, 15) is 34.8 Å². The molecule has 0 aliphatic carbocycles. The van der Waals surface area contributed by atoms with E-state index in [2.05, 4.69) is 10.6 Å². The maximum absolute atomic E-state index is 12.7. The number of anilines is 2. The first-order valence-corrected chi connectivity index (χ1v) is 10.1. The molecule has 3 aromatic carbocycles. The molecule has 0 spiro atoms. The van der Waals surface area contributed by atoms with E-state index >= 15 is 0 Å². The fraction of sp³-hybridized carbons (Fsp3) is 0.125. The third-order valence-electron chi connectivity index (χ3n) is 4.57. The van der Waals surface area contributed by atoms with Crippen LogP contribution in [0.4, 0.5) is 11.4 Å². The lowest BCUT2D eigenvalue weighted by molar-refractivity contribution is 0.0695. The molecule has 0 saturated carbocycles. The van der Waals surface area contributed by atoms with Crippen LogP contribution in [0.2, 0.25) is 0 Å². The van der Waals surface area contributed by atoms with Crippen LogP contribution in [-0.2, 0) is 0 Å². The van der Waals surface area contributed by atoms with E-state index in [1.54, 1.807) is 13.8 Å². The number of rotatable bonds is 7. The van der Waals surface area contributed by atoms with Crippen LogP contribution >= 0.6 is 0 Å². The molecule has 0 fully saturated rings. The number of carboxylic acids is 1. The summed E-state index contributed by atoms with van der Waals surface area (Å²) in [6, 6.07) is 11.3. The smallest absolute Gasteiger partial charge is 0.335 e. The molecule has 0 radical (unpaired) electrons. The number of benzene rings is 3. The van der Waals surface area contributed by atoms with Crippen molar-refractivity contribution in [2.45, 2.75) is 20.0 Å². The summed E-state index contributed by atoms with van der Waals surface area (Å²) in [7, 11) is 0. The Balaban J connectivity index is 1.79. The number of nitrogens with one attached hydrogen (secondary N) is 2. The van der Waals surface area contributed by atoms with Crippen molar-refractivity contribution in [3.8, 4) is 23.0 Å². The van der Waals surface area contributed by atoms with Crippen molar-refractivity contribution in [1.29, 1.82) is 0 Å². The van der Waals surface area contributed by atoms with Gasteiger partial charge >= 0.3 is 5.97 Å². The lowest BCUT2D eigenvalue weighted by atomic mass is 10.1. The molecule has 0 unspecified atom stereocenters. The molecule has 0 saturated heterocycles. The van der Waals surface area contributed by atoms with Crippen molar-refractivity contribution in [2.75, 3.05) is 10.6 Å². The largest absolute Gasteiger partial charge is 0.508 e. The number of carboxylic acid groups (broad SMARTS) is 1. The van der Waals surface area contributed by atoms with E-state index in [1.807, 2.05) is 0 Å². The Morgan fingerprint density at radius 3 is 2.00 bits per heavy atom. The Kier molecular flexibility index (Phi) is 6.91. The second kappa shape index (κ2) is 9.82. The van der Waals surface area contributed by atoms with Gasteiger partial charge in [0, 0.05) is 17.8 Å². The number of carbonyl (C=O) groups excluding carboxylic acids is 2. The van der Waals surface area contributed by atoms with Crippen molar-refractivity contribution in [3.05, 3.63) is 71.3 Å². The van der Waals surface area contributed by atoms with Crippen molar-refractivity contribution in [3.63, 3.8) is 0 Å². The van der Waals surface area contributed by atoms with Crippen LogP contribution in [0.5, 0.6) is 23.0 Å². The lowest BCUT2D eigenvalue weighted by Gasteiger charge is -2.16. The molecular weight excluding hydrogens is 444 g/mol. The van der Waals surface area contributed by atoms with Gasteiger partial charge in [-0.1, -0.05) is 0 Å². The number of phenols is 3. The van der Waals surface area contributed by atoms with Crippen LogP contribution in [0, 0.1) is 0 Å². The SMILES string of the molecule is CC(C)Oc1cc(C(=O)O)ccc1NC(=O)c1ccc(NC(=O)c2ccc(O)cc2O)cc1O. The van der Waals surface area contributed by atoms with Gasteiger partial charge in [-0.05, 0) is 56.3 Å². The van der Waals surface area contributed by atoms with Gasteiger partial charge in [0.2, 0.25) is 0 Å². The maximum Gasteiger partial charge on any atom is 0.335 e. The van der Waals surface area contributed by atoms with Gasteiger partial charge in [0.25, 0.3) is 11.8 Å². The van der Waals surface area contributed by atoms with Crippen LogP contribution in [0.15, 0.2) is 54.6 Å². The van der Waals surface area contributed by atoms with Gasteiger partial charge in [-0.2, -0.15) is 0 Å². The Labute approximate surface area is 194 Å². The molecule has 0 bridgehead atoms. The molecule has 3 rings (SSSR count). The molecule has 10 heteroatoms. The third kappa shape index (κ3) is 5.54. The molecule has 3 aromatic rings. The lowest BCUT2D eigenvalue weighted by Crippen LogP contribution is -2.16. The third-order valence-corrected chi connectivity index (χ3v) is 4.57. The summed E-state index contributed by atoms with van der Waals surface area (Å²) in [4.78, 5) is 36.3. The summed E-state index contributed by atoms with van der Waals surface area (Å²) < 4.78 is 5.60. The highest BCUT2D eigenvalue weighted by Gasteiger charge is 2.18. The van der Waals surface area contributed by atoms with Crippen LogP contribution < -0.4 is 15.4 Å². The van der Waals surface area contributed by atoms with Crippen LogP contribution in [0.1, 0.15) is 44.9 Å². The minimum atomic E-state index is -1.15. The molecule has 34 heavy (non-hydrogen) atoms. The quantitative estimate of drug-likeness (QED) is 0.306. The van der Waals surface area contributed by atoms with Crippen molar-refractivity contribution in [2.24, 2.45) is 0 Å². The number of hydrogen-bond donors (Lipinski definition) is 6. The number of amides is 2. The van der Waals surface area contributed by atoms with E-state index < -0.39 is 29.3 Å². The van der Waals surface area contributed by atoms with Gasteiger partial charge in [0.1, 0.15) is 23.0 Å². The van der Waals surface area contributed by atoms with Crippen LogP contribution in [-0.4, -0.2) is 44.3 Å². The predicted molar refractivity (Wildman–Crippen MR) is 123 cm³/mol.